The number of hydrogen-bond acceptors (Lipinski definition) is 5. The Balaban J connectivity index is 1.66. The number of nitrogens with zero attached hydrogens (tertiary/aromatic N) is 1. The molecular formula is C20H19NO5. The Labute approximate surface area is 151 Å². The van der Waals surface area contributed by atoms with Crippen molar-refractivity contribution >= 4 is 17.4 Å². The van der Waals surface area contributed by atoms with E-state index in [1.807, 2.05) is 13.0 Å². The number of carbonyl (C=O) groups excluding carboxylic acids is 2. The molecule has 0 aromatic heterocycles. The molecule has 4 rings (SSSR count). The van der Waals surface area contributed by atoms with Crippen molar-refractivity contribution in [2.75, 3.05) is 18.2 Å². The van der Waals surface area contributed by atoms with Gasteiger partial charge in [0, 0.05) is 17.7 Å². The van der Waals surface area contributed by atoms with Crippen LogP contribution in [-0.2, 0) is 10.4 Å². The molecule has 2 aromatic rings. The molecule has 0 radical (unpaired) electrons. The lowest BCUT2D eigenvalue weighted by Gasteiger charge is -2.22. The summed E-state index contributed by atoms with van der Waals surface area (Å²) in [6, 6.07) is 11.9. The Kier molecular flexibility index (Phi) is 3.92. The maximum atomic E-state index is 12.9. The van der Waals surface area contributed by atoms with E-state index in [0.717, 1.165) is 6.42 Å². The highest BCUT2D eigenvalue weighted by Gasteiger charge is 2.50. The molecule has 2 heterocycles. The second kappa shape index (κ2) is 6.14. The number of amides is 1. The lowest BCUT2D eigenvalue weighted by Crippen LogP contribution is -2.42. The zero-order chi connectivity index (χ0) is 18.3. The molecule has 6 nitrogen and oxygen atoms in total. The standard InChI is InChI=1S/C20H19NO5/c1-2-9-21-15-6-4-3-5-14(15)20(24,19(21)23)11-16(22)13-7-8-17-18(10-13)26-12-25-17/h3-8,10,24H,2,9,11-12H2,1H3/t20-/m0/s1. The largest absolute Gasteiger partial charge is 0.454 e. The molecule has 0 bridgehead atoms. The lowest BCUT2D eigenvalue weighted by atomic mass is 9.88. The topological polar surface area (TPSA) is 76.1 Å². The maximum Gasteiger partial charge on any atom is 0.264 e. The molecule has 0 aliphatic carbocycles. The van der Waals surface area contributed by atoms with Gasteiger partial charge in [-0.2, -0.15) is 0 Å². The van der Waals surface area contributed by atoms with E-state index in [0.29, 0.717) is 34.9 Å². The van der Waals surface area contributed by atoms with E-state index < -0.39 is 11.5 Å². The Hall–Kier alpha value is -2.86. The van der Waals surface area contributed by atoms with Crippen LogP contribution in [0.25, 0.3) is 0 Å². The molecule has 2 aliphatic heterocycles. The maximum absolute atomic E-state index is 12.9. The van der Waals surface area contributed by atoms with Gasteiger partial charge in [-0.3, -0.25) is 9.59 Å². The quantitative estimate of drug-likeness (QED) is 0.837. The van der Waals surface area contributed by atoms with Gasteiger partial charge in [0.15, 0.2) is 22.9 Å². The molecule has 1 amide bonds. The Morgan fingerprint density at radius 1 is 1.19 bits per heavy atom. The number of Topliss-reactive ketones (excluding diaryl/α,β-unsaturated/α-hetero) is 1. The summed E-state index contributed by atoms with van der Waals surface area (Å²) in [7, 11) is 0. The first kappa shape index (κ1) is 16.6. The third kappa shape index (κ3) is 2.45. The van der Waals surface area contributed by atoms with Crippen LogP contribution in [0.4, 0.5) is 5.69 Å². The first-order valence-corrected chi connectivity index (χ1v) is 8.61. The zero-order valence-electron chi connectivity index (χ0n) is 14.4. The van der Waals surface area contributed by atoms with Crippen molar-refractivity contribution < 1.29 is 24.2 Å². The van der Waals surface area contributed by atoms with Crippen molar-refractivity contribution in [1.82, 2.24) is 0 Å². The smallest absolute Gasteiger partial charge is 0.264 e. The third-order valence-corrected chi connectivity index (χ3v) is 4.80. The van der Waals surface area contributed by atoms with Gasteiger partial charge in [0.25, 0.3) is 5.91 Å². The molecule has 1 atom stereocenters. The fourth-order valence-electron chi connectivity index (χ4n) is 3.53. The molecule has 0 unspecified atom stereocenters. The minimum Gasteiger partial charge on any atom is -0.454 e. The van der Waals surface area contributed by atoms with Crippen molar-refractivity contribution in [1.29, 1.82) is 0 Å². The summed E-state index contributed by atoms with van der Waals surface area (Å²) in [5.74, 6) is 0.298. The first-order valence-electron chi connectivity index (χ1n) is 8.61. The van der Waals surface area contributed by atoms with Gasteiger partial charge < -0.3 is 19.5 Å². The van der Waals surface area contributed by atoms with E-state index in [4.69, 9.17) is 9.47 Å². The number of ketones is 1. The second-order valence-electron chi connectivity index (χ2n) is 6.50. The van der Waals surface area contributed by atoms with Crippen LogP contribution in [0.1, 0.15) is 35.7 Å². The van der Waals surface area contributed by atoms with Crippen LogP contribution < -0.4 is 14.4 Å². The second-order valence-corrected chi connectivity index (χ2v) is 6.50. The van der Waals surface area contributed by atoms with Crippen LogP contribution in [-0.4, -0.2) is 30.1 Å². The van der Waals surface area contributed by atoms with E-state index in [-0.39, 0.29) is 19.0 Å². The van der Waals surface area contributed by atoms with E-state index in [1.165, 1.54) is 0 Å². The molecular weight excluding hydrogens is 334 g/mol. The predicted molar refractivity (Wildman–Crippen MR) is 94.5 cm³/mol. The number of anilines is 1. The summed E-state index contributed by atoms with van der Waals surface area (Å²) in [5.41, 5.74) is -0.325. The minimum absolute atomic E-state index is 0.120. The molecule has 0 fully saturated rings. The minimum atomic E-state index is -1.85. The first-order chi connectivity index (χ1) is 12.5. The van der Waals surface area contributed by atoms with Crippen LogP contribution in [0, 0.1) is 0 Å². The average Bonchev–Trinajstić information content (AvgIpc) is 3.19. The SMILES string of the molecule is CCCN1C(=O)[C@](O)(CC(=O)c2ccc3c(c2)OCO3)c2ccccc21. The van der Waals surface area contributed by atoms with Crippen LogP contribution in [0.2, 0.25) is 0 Å². The number of benzene rings is 2. The highest BCUT2D eigenvalue weighted by molar-refractivity contribution is 6.10. The predicted octanol–water partition coefficient (Wildman–Crippen LogP) is 2.63. The van der Waals surface area contributed by atoms with Crippen molar-refractivity contribution in [3.05, 3.63) is 53.6 Å². The monoisotopic (exact) mass is 353 g/mol. The van der Waals surface area contributed by atoms with Gasteiger partial charge in [0.05, 0.1) is 12.1 Å². The summed E-state index contributed by atoms with van der Waals surface area (Å²) in [6.07, 6.45) is 0.439. The zero-order valence-corrected chi connectivity index (χ0v) is 14.4. The van der Waals surface area contributed by atoms with Crippen LogP contribution in [0.15, 0.2) is 42.5 Å². The molecule has 134 valence electrons. The number of aliphatic hydroxyl groups is 1. The summed E-state index contributed by atoms with van der Waals surface area (Å²) < 4.78 is 10.5. The molecule has 2 aromatic carbocycles. The molecule has 6 heteroatoms. The van der Waals surface area contributed by atoms with Crippen LogP contribution >= 0.6 is 0 Å². The lowest BCUT2D eigenvalue weighted by molar-refractivity contribution is -0.135. The van der Waals surface area contributed by atoms with Gasteiger partial charge in [0.1, 0.15) is 0 Å². The molecule has 2 aliphatic rings. The van der Waals surface area contributed by atoms with E-state index >= 15 is 0 Å². The Morgan fingerprint density at radius 2 is 1.96 bits per heavy atom. The molecule has 1 N–H and O–H groups in total. The van der Waals surface area contributed by atoms with Crippen LogP contribution in [0.3, 0.4) is 0 Å². The Morgan fingerprint density at radius 3 is 2.77 bits per heavy atom. The van der Waals surface area contributed by atoms with Gasteiger partial charge in [-0.1, -0.05) is 25.1 Å². The Bertz CT molecular complexity index is 894. The number of rotatable bonds is 5. The highest BCUT2D eigenvalue weighted by atomic mass is 16.7. The fourth-order valence-corrected chi connectivity index (χ4v) is 3.53. The number of fused-ring (bicyclic) bond motifs is 2. The van der Waals surface area contributed by atoms with Crippen molar-refractivity contribution in [3.8, 4) is 11.5 Å². The van der Waals surface area contributed by atoms with Gasteiger partial charge in [-0.15, -0.1) is 0 Å². The summed E-state index contributed by atoms with van der Waals surface area (Å²) in [4.78, 5) is 27.3. The van der Waals surface area contributed by atoms with Crippen molar-refractivity contribution in [2.24, 2.45) is 0 Å². The fraction of sp³-hybridized carbons (Fsp3) is 0.300. The number of ether oxygens (including phenoxy) is 2. The highest BCUT2D eigenvalue weighted by Crippen LogP contribution is 2.43. The van der Waals surface area contributed by atoms with Crippen LogP contribution in [0.5, 0.6) is 11.5 Å². The summed E-state index contributed by atoms with van der Waals surface area (Å²) >= 11 is 0. The number of hydrogen-bond donors (Lipinski definition) is 1. The van der Waals surface area contributed by atoms with Gasteiger partial charge in [-0.05, 0) is 30.7 Å². The molecule has 0 spiro atoms. The molecule has 26 heavy (non-hydrogen) atoms. The number of carbonyl (C=O) groups is 2. The van der Waals surface area contributed by atoms with Gasteiger partial charge in [-0.25, -0.2) is 0 Å². The van der Waals surface area contributed by atoms with Gasteiger partial charge in [0.2, 0.25) is 6.79 Å². The van der Waals surface area contributed by atoms with E-state index in [9.17, 15) is 14.7 Å². The average molecular weight is 353 g/mol. The summed E-state index contributed by atoms with van der Waals surface area (Å²) in [5, 5.41) is 11.2. The van der Waals surface area contributed by atoms with Crippen molar-refractivity contribution in [2.45, 2.75) is 25.4 Å². The molecule has 0 saturated carbocycles. The van der Waals surface area contributed by atoms with E-state index in [1.54, 1.807) is 41.3 Å². The summed E-state index contributed by atoms with van der Waals surface area (Å²) in [6.45, 7) is 2.58. The van der Waals surface area contributed by atoms with Gasteiger partial charge >= 0.3 is 0 Å². The number of para-hydroxylation sites is 1. The van der Waals surface area contributed by atoms with Crippen molar-refractivity contribution in [3.63, 3.8) is 0 Å². The third-order valence-electron chi connectivity index (χ3n) is 4.80. The molecule has 0 saturated heterocycles. The van der Waals surface area contributed by atoms with E-state index in [2.05, 4.69) is 0 Å². The normalized spacial score (nSPS) is 20.4.